The van der Waals surface area contributed by atoms with E-state index >= 15 is 0 Å². The molecule has 0 N–H and O–H groups in total. The molecule has 0 aromatic carbocycles. The molecular formula is C8H14NO-. The van der Waals surface area contributed by atoms with Gasteiger partial charge in [0.2, 0.25) is 0 Å². The fourth-order valence-electron chi connectivity index (χ4n) is 0.928. The first-order chi connectivity index (χ1) is 4.38. The second kappa shape index (κ2) is 1.76. The molecule has 1 aliphatic rings. The van der Waals surface area contributed by atoms with Gasteiger partial charge in [-0.2, -0.15) is 0 Å². The van der Waals surface area contributed by atoms with E-state index in [0.717, 1.165) is 5.06 Å². The molecule has 0 bridgehead atoms. The highest BCUT2D eigenvalue weighted by molar-refractivity contribution is 5.16. The van der Waals surface area contributed by atoms with Gasteiger partial charge < -0.3 is 10.3 Å². The van der Waals surface area contributed by atoms with E-state index in [2.05, 4.69) is 13.8 Å². The highest BCUT2D eigenvalue weighted by atomic mass is 16.5. The molecule has 0 saturated carbocycles. The Kier molecular flexibility index (Phi) is 1.34. The molecule has 0 aromatic heterocycles. The first-order valence-corrected chi connectivity index (χ1v) is 3.54. The lowest BCUT2D eigenvalue weighted by Gasteiger charge is -2.46. The lowest BCUT2D eigenvalue weighted by Crippen LogP contribution is -2.43. The van der Waals surface area contributed by atoms with Gasteiger partial charge in [0, 0.05) is 11.0 Å². The Morgan fingerprint density at radius 2 is 1.70 bits per heavy atom. The highest BCUT2D eigenvalue weighted by Gasteiger charge is 2.38. The Balaban J connectivity index is 2.94. The molecule has 0 radical (unpaired) electrons. The van der Waals surface area contributed by atoms with Crippen LogP contribution in [0, 0.1) is 10.6 Å². The molecular weight excluding hydrogens is 126 g/mol. The smallest absolute Gasteiger partial charge is 0.0314 e. The third-order valence-electron chi connectivity index (χ3n) is 2.75. The Bertz CT molecular complexity index is 170. The number of nitrogens with zero attached hydrogens (tertiary/aromatic N) is 1. The predicted molar refractivity (Wildman–Crippen MR) is 42.2 cm³/mol. The molecule has 0 aliphatic carbocycles. The van der Waals surface area contributed by atoms with Gasteiger partial charge in [-0.25, -0.2) is 0 Å². The third kappa shape index (κ3) is 0.754. The maximum Gasteiger partial charge on any atom is 0.0314 e. The Labute approximate surface area is 62.1 Å². The van der Waals surface area contributed by atoms with Crippen molar-refractivity contribution in [3.8, 4) is 0 Å². The van der Waals surface area contributed by atoms with E-state index in [-0.39, 0.29) is 11.0 Å². The largest absolute Gasteiger partial charge is 0.758 e. The Hall–Kier alpha value is -0.500. The first-order valence-electron chi connectivity index (χ1n) is 3.54. The van der Waals surface area contributed by atoms with Crippen molar-refractivity contribution in [3.05, 3.63) is 17.5 Å². The zero-order valence-electron chi connectivity index (χ0n) is 7.01. The molecule has 0 aromatic rings. The van der Waals surface area contributed by atoms with Crippen LogP contribution in [0.3, 0.4) is 0 Å². The number of hydrogen-bond donors (Lipinski definition) is 0. The SMILES string of the molecule is CC1(C)C=CN([O-])C1(C)C. The average Bonchev–Trinajstić information content (AvgIpc) is 1.94. The van der Waals surface area contributed by atoms with Crippen LogP contribution in [0.5, 0.6) is 0 Å². The van der Waals surface area contributed by atoms with E-state index in [1.165, 1.54) is 0 Å². The molecule has 1 heterocycles. The summed E-state index contributed by atoms with van der Waals surface area (Å²) in [6, 6.07) is 0. The summed E-state index contributed by atoms with van der Waals surface area (Å²) in [5, 5.41) is 12.2. The molecule has 0 spiro atoms. The van der Waals surface area contributed by atoms with Crippen molar-refractivity contribution in [2.45, 2.75) is 33.2 Å². The van der Waals surface area contributed by atoms with Gasteiger partial charge in [-0.3, -0.25) is 0 Å². The van der Waals surface area contributed by atoms with Crippen LogP contribution in [0.15, 0.2) is 12.3 Å². The zero-order chi connectivity index (χ0) is 7.99. The van der Waals surface area contributed by atoms with Crippen molar-refractivity contribution in [2.75, 3.05) is 0 Å². The van der Waals surface area contributed by atoms with Crippen molar-refractivity contribution in [2.24, 2.45) is 5.41 Å². The Morgan fingerprint density at radius 3 is 1.80 bits per heavy atom. The summed E-state index contributed by atoms with van der Waals surface area (Å²) < 4.78 is 0. The van der Waals surface area contributed by atoms with Gasteiger partial charge in [-0.1, -0.05) is 19.9 Å². The third-order valence-corrected chi connectivity index (χ3v) is 2.75. The van der Waals surface area contributed by atoms with Crippen LogP contribution in [-0.4, -0.2) is 10.6 Å². The minimum atomic E-state index is -0.285. The topological polar surface area (TPSA) is 26.3 Å². The molecule has 58 valence electrons. The van der Waals surface area contributed by atoms with Crippen LogP contribution in [0.4, 0.5) is 0 Å². The molecule has 1 rings (SSSR count). The van der Waals surface area contributed by atoms with Crippen molar-refractivity contribution in [3.63, 3.8) is 0 Å². The van der Waals surface area contributed by atoms with Crippen molar-refractivity contribution in [1.29, 1.82) is 0 Å². The van der Waals surface area contributed by atoms with Crippen LogP contribution in [0.1, 0.15) is 27.7 Å². The van der Waals surface area contributed by atoms with Gasteiger partial charge in [-0.15, -0.1) is 0 Å². The first kappa shape index (κ1) is 7.61. The monoisotopic (exact) mass is 140 g/mol. The summed E-state index contributed by atoms with van der Waals surface area (Å²) in [7, 11) is 0. The summed E-state index contributed by atoms with van der Waals surface area (Å²) >= 11 is 0. The molecule has 1 aliphatic heterocycles. The average molecular weight is 140 g/mol. The second-order valence-electron chi connectivity index (χ2n) is 3.92. The predicted octanol–water partition coefficient (Wildman–Crippen LogP) is 2.12. The van der Waals surface area contributed by atoms with E-state index in [4.69, 9.17) is 0 Å². The van der Waals surface area contributed by atoms with Gasteiger partial charge in [0.1, 0.15) is 0 Å². The Morgan fingerprint density at radius 1 is 1.20 bits per heavy atom. The highest BCUT2D eigenvalue weighted by Crippen LogP contribution is 2.41. The number of rotatable bonds is 0. The van der Waals surface area contributed by atoms with Crippen molar-refractivity contribution in [1.82, 2.24) is 5.06 Å². The number of hydroxylamine groups is 2. The summed E-state index contributed by atoms with van der Waals surface area (Å²) in [6.07, 6.45) is 3.57. The summed E-state index contributed by atoms with van der Waals surface area (Å²) in [6.45, 7) is 8.06. The van der Waals surface area contributed by atoms with Gasteiger partial charge in [0.25, 0.3) is 0 Å². The van der Waals surface area contributed by atoms with Gasteiger partial charge in [0.05, 0.1) is 0 Å². The van der Waals surface area contributed by atoms with E-state index in [0.29, 0.717) is 0 Å². The quantitative estimate of drug-likeness (QED) is 0.515. The molecule has 0 amide bonds. The lowest BCUT2D eigenvalue weighted by atomic mass is 9.77. The van der Waals surface area contributed by atoms with Gasteiger partial charge >= 0.3 is 0 Å². The summed E-state index contributed by atoms with van der Waals surface area (Å²) in [5.74, 6) is 0. The minimum Gasteiger partial charge on any atom is -0.758 e. The molecule has 0 atom stereocenters. The second-order valence-corrected chi connectivity index (χ2v) is 3.92. The van der Waals surface area contributed by atoms with Crippen molar-refractivity contribution >= 4 is 0 Å². The van der Waals surface area contributed by atoms with Crippen LogP contribution < -0.4 is 0 Å². The zero-order valence-corrected chi connectivity index (χ0v) is 7.01. The fourth-order valence-corrected chi connectivity index (χ4v) is 0.928. The van der Waals surface area contributed by atoms with Crippen LogP contribution in [0.25, 0.3) is 0 Å². The van der Waals surface area contributed by atoms with E-state index in [1.54, 1.807) is 6.20 Å². The molecule has 0 saturated heterocycles. The van der Waals surface area contributed by atoms with Crippen LogP contribution >= 0.6 is 0 Å². The maximum atomic E-state index is 11.1. The van der Waals surface area contributed by atoms with Gasteiger partial charge in [-0.05, 0) is 20.0 Å². The minimum absolute atomic E-state index is 0.00521. The van der Waals surface area contributed by atoms with E-state index in [1.807, 2.05) is 19.9 Å². The van der Waals surface area contributed by atoms with Crippen LogP contribution in [-0.2, 0) is 0 Å². The molecule has 0 fully saturated rings. The van der Waals surface area contributed by atoms with Crippen molar-refractivity contribution < 1.29 is 0 Å². The summed E-state index contributed by atoms with van der Waals surface area (Å²) in [5.41, 5.74) is -0.290. The molecule has 2 heteroatoms. The van der Waals surface area contributed by atoms with Gasteiger partial charge in [0.15, 0.2) is 0 Å². The summed E-state index contributed by atoms with van der Waals surface area (Å²) in [4.78, 5) is 0. The molecule has 2 nitrogen and oxygen atoms in total. The normalized spacial score (nSPS) is 27.5. The standard InChI is InChI=1S/C8H14NO/c1-7(2)5-6-9(10)8(7,3)4/h5-6H,1-4H3/q-1. The lowest BCUT2D eigenvalue weighted by molar-refractivity contribution is 0.153. The maximum absolute atomic E-state index is 11.1. The molecule has 10 heavy (non-hydrogen) atoms. The van der Waals surface area contributed by atoms with E-state index in [9.17, 15) is 5.21 Å². The fraction of sp³-hybridized carbons (Fsp3) is 0.750. The number of hydrogen-bond acceptors (Lipinski definition) is 2. The van der Waals surface area contributed by atoms with E-state index < -0.39 is 0 Å². The van der Waals surface area contributed by atoms with Crippen LogP contribution in [0.2, 0.25) is 0 Å². The molecule has 0 unspecified atom stereocenters.